The molecule has 0 unspecified atom stereocenters. The van der Waals surface area contributed by atoms with Crippen LogP contribution in [-0.4, -0.2) is 15.2 Å². The second-order valence-corrected chi connectivity index (χ2v) is 5.29. The van der Waals surface area contributed by atoms with Gasteiger partial charge in [0.2, 0.25) is 0 Å². The highest BCUT2D eigenvalue weighted by molar-refractivity contribution is 7.15. The van der Waals surface area contributed by atoms with Gasteiger partial charge in [-0.05, 0) is 6.42 Å². The number of nitrogens with two attached hydrogens (primary N) is 1. The first-order valence-corrected chi connectivity index (χ1v) is 6.95. The zero-order valence-corrected chi connectivity index (χ0v) is 11.4. The molecule has 0 radical (unpaired) electrons. The van der Waals surface area contributed by atoms with Gasteiger partial charge in [-0.25, -0.2) is 4.98 Å². The van der Waals surface area contributed by atoms with Crippen molar-refractivity contribution in [2.75, 3.05) is 5.73 Å². The summed E-state index contributed by atoms with van der Waals surface area (Å²) in [6.45, 7) is 2.14. The Bertz CT molecular complexity index is 685. The number of thiazole rings is 1. The van der Waals surface area contributed by atoms with Crippen molar-refractivity contribution >= 4 is 17.2 Å². The number of aromatic nitrogens is 3. The van der Waals surface area contributed by atoms with Crippen LogP contribution in [0.2, 0.25) is 0 Å². The van der Waals surface area contributed by atoms with Gasteiger partial charge in [-0.1, -0.05) is 37.3 Å². The lowest BCUT2D eigenvalue weighted by atomic mass is 10.1. The van der Waals surface area contributed by atoms with Crippen LogP contribution in [0.4, 0.5) is 5.82 Å². The molecule has 96 valence electrons. The molecule has 0 saturated heterocycles. The largest absolute Gasteiger partial charge is 0.383 e. The van der Waals surface area contributed by atoms with E-state index in [0.717, 1.165) is 28.2 Å². The van der Waals surface area contributed by atoms with E-state index in [9.17, 15) is 0 Å². The predicted octanol–water partition coefficient (Wildman–Crippen LogP) is 3.34. The third-order valence-electron chi connectivity index (χ3n) is 2.96. The van der Waals surface area contributed by atoms with Crippen LogP contribution in [0.25, 0.3) is 21.8 Å². The number of H-pyrrole nitrogens is 1. The smallest absolute Gasteiger partial charge is 0.129 e. The van der Waals surface area contributed by atoms with Crippen LogP contribution in [0.3, 0.4) is 0 Å². The first kappa shape index (κ1) is 11.9. The minimum Gasteiger partial charge on any atom is -0.383 e. The molecule has 2 aromatic heterocycles. The number of aromatic amines is 1. The highest BCUT2D eigenvalue weighted by Gasteiger charge is 2.15. The molecule has 2 heterocycles. The summed E-state index contributed by atoms with van der Waals surface area (Å²) < 4.78 is 0. The van der Waals surface area contributed by atoms with Gasteiger partial charge in [-0.3, -0.25) is 5.10 Å². The third kappa shape index (κ3) is 2.13. The lowest BCUT2D eigenvalue weighted by Crippen LogP contribution is -1.87. The second kappa shape index (κ2) is 4.85. The van der Waals surface area contributed by atoms with E-state index in [1.54, 1.807) is 17.5 Å². The van der Waals surface area contributed by atoms with Gasteiger partial charge >= 0.3 is 0 Å². The summed E-state index contributed by atoms with van der Waals surface area (Å²) in [6, 6.07) is 10.2. The first-order chi connectivity index (χ1) is 9.29. The predicted molar refractivity (Wildman–Crippen MR) is 78.9 cm³/mol. The van der Waals surface area contributed by atoms with Gasteiger partial charge in [0.25, 0.3) is 0 Å². The van der Waals surface area contributed by atoms with E-state index >= 15 is 0 Å². The molecule has 0 aliphatic rings. The van der Waals surface area contributed by atoms with Crippen LogP contribution >= 0.6 is 11.3 Å². The van der Waals surface area contributed by atoms with Crippen molar-refractivity contribution < 1.29 is 0 Å². The van der Waals surface area contributed by atoms with Gasteiger partial charge in [0.05, 0.1) is 17.5 Å². The Morgan fingerprint density at radius 1 is 1.26 bits per heavy atom. The summed E-state index contributed by atoms with van der Waals surface area (Å²) >= 11 is 1.68. The monoisotopic (exact) mass is 270 g/mol. The molecule has 3 aromatic rings. The minimum atomic E-state index is 0.566. The van der Waals surface area contributed by atoms with E-state index < -0.39 is 0 Å². The molecule has 0 saturated carbocycles. The Labute approximate surface area is 115 Å². The minimum absolute atomic E-state index is 0.566. The Hall–Kier alpha value is -2.14. The first-order valence-electron chi connectivity index (χ1n) is 6.14. The number of hydrogen-bond acceptors (Lipinski definition) is 4. The molecule has 3 N–H and O–H groups in total. The van der Waals surface area contributed by atoms with Crippen molar-refractivity contribution in [3.63, 3.8) is 0 Å². The highest BCUT2D eigenvalue weighted by atomic mass is 32.1. The van der Waals surface area contributed by atoms with Crippen molar-refractivity contribution in [1.82, 2.24) is 15.2 Å². The van der Waals surface area contributed by atoms with Crippen LogP contribution in [-0.2, 0) is 6.42 Å². The molecule has 0 bridgehead atoms. The van der Waals surface area contributed by atoms with Crippen molar-refractivity contribution in [2.24, 2.45) is 0 Å². The summed E-state index contributed by atoms with van der Waals surface area (Å²) in [4.78, 5) is 6.00. The average molecular weight is 270 g/mol. The average Bonchev–Trinajstić information content (AvgIpc) is 3.05. The molecule has 5 heteroatoms. The van der Waals surface area contributed by atoms with Crippen LogP contribution in [0.5, 0.6) is 0 Å². The van der Waals surface area contributed by atoms with Gasteiger partial charge in [0.15, 0.2) is 0 Å². The summed E-state index contributed by atoms with van der Waals surface area (Å²) in [5.41, 5.74) is 8.93. The molecule has 0 aliphatic carbocycles. The number of benzene rings is 1. The number of rotatable bonds is 3. The normalized spacial score (nSPS) is 10.8. The number of nitrogens with zero attached hydrogens (tertiary/aromatic N) is 2. The molecular weight excluding hydrogens is 256 g/mol. The molecule has 1 aromatic carbocycles. The summed E-state index contributed by atoms with van der Waals surface area (Å²) in [5, 5.41) is 7.62. The number of hydrogen-bond donors (Lipinski definition) is 2. The van der Waals surface area contributed by atoms with Crippen molar-refractivity contribution in [2.45, 2.75) is 13.3 Å². The maximum Gasteiger partial charge on any atom is 0.129 e. The molecule has 0 spiro atoms. The maximum atomic E-state index is 5.86. The maximum absolute atomic E-state index is 5.86. The zero-order chi connectivity index (χ0) is 13.2. The lowest BCUT2D eigenvalue weighted by Gasteiger charge is -1.98. The standard InChI is InChI=1S/C14H14N4S/c1-2-11-12(9-6-4-3-5-7-9)17-14(19-11)10-8-16-18-13(10)15/h3-8H,2H2,1H3,(H3,15,16,18). The molecule has 0 amide bonds. The topological polar surface area (TPSA) is 67.6 Å². The van der Waals surface area contributed by atoms with E-state index in [0.29, 0.717) is 5.82 Å². The number of aryl methyl sites for hydroxylation is 1. The molecule has 3 rings (SSSR count). The quantitative estimate of drug-likeness (QED) is 0.767. The van der Waals surface area contributed by atoms with Crippen molar-refractivity contribution in [3.05, 3.63) is 41.4 Å². The Balaban J connectivity index is 2.12. The van der Waals surface area contributed by atoms with E-state index in [1.807, 2.05) is 18.2 Å². The summed E-state index contributed by atoms with van der Waals surface area (Å²) in [6.07, 6.45) is 2.68. The number of nitrogens with one attached hydrogen (secondary N) is 1. The van der Waals surface area contributed by atoms with Gasteiger partial charge in [0, 0.05) is 10.4 Å². The van der Waals surface area contributed by atoms with Gasteiger partial charge in [0.1, 0.15) is 10.8 Å². The van der Waals surface area contributed by atoms with Gasteiger partial charge < -0.3 is 5.73 Å². The molecule has 0 aliphatic heterocycles. The van der Waals surface area contributed by atoms with Gasteiger partial charge in [-0.15, -0.1) is 11.3 Å². The zero-order valence-electron chi connectivity index (χ0n) is 10.6. The van der Waals surface area contributed by atoms with E-state index in [-0.39, 0.29) is 0 Å². The highest BCUT2D eigenvalue weighted by Crippen LogP contribution is 2.35. The Kier molecular flexibility index (Phi) is 3.05. The SMILES string of the molecule is CCc1sc(-c2cn[nH]c2N)nc1-c1ccccc1. The molecular formula is C14H14N4S. The van der Waals surface area contributed by atoms with Crippen LogP contribution in [0, 0.1) is 0 Å². The van der Waals surface area contributed by atoms with E-state index in [2.05, 4.69) is 29.3 Å². The molecule has 4 nitrogen and oxygen atoms in total. The van der Waals surface area contributed by atoms with E-state index in [4.69, 9.17) is 10.7 Å². The van der Waals surface area contributed by atoms with Crippen LogP contribution in [0.1, 0.15) is 11.8 Å². The Morgan fingerprint density at radius 2 is 2.05 bits per heavy atom. The Morgan fingerprint density at radius 3 is 2.68 bits per heavy atom. The van der Waals surface area contributed by atoms with Crippen molar-refractivity contribution in [3.8, 4) is 21.8 Å². The van der Waals surface area contributed by atoms with E-state index in [1.165, 1.54) is 4.88 Å². The third-order valence-corrected chi connectivity index (χ3v) is 4.20. The summed E-state index contributed by atoms with van der Waals surface area (Å²) in [7, 11) is 0. The van der Waals surface area contributed by atoms with Gasteiger partial charge in [-0.2, -0.15) is 5.10 Å². The van der Waals surface area contributed by atoms with Crippen LogP contribution in [0.15, 0.2) is 36.5 Å². The lowest BCUT2D eigenvalue weighted by molar-refractivity contribution is 1.10. The summed E-state index contributed by atoms with van der Waals surface area (Å²) in [5.74, 6) is 0.566. The fourth-order valence-corrected chi connectivity index (χ4v) is 3.04. The van der Waals surface area contributed by atoms with Crippen molar-refractivity contribution in [1.29, 1.82) is 0 Å². The second-order valence-electron chi connectivity index (χ2n) is 4.21. The fourth-order valence-electron chi connectivity index (χ4n) is 1.99. The molecule has 0 fully saturated rings. The number of nitrogen functional groups attached to an aromatic ring is 1. The molecule has 19 heavy (non-hydrogen) atoms. The number of anilines is 1. The van der Waals surface area contributed by atoms with Crippen LogP contribution < -0.4 is 5.73 Å². The fraction of sp³-hybridized carbons (Fsp3) is 0.143. The molecule has 0 atom stereocenters.